The van der Waals surface area contributed by atoms with E-state index in [1.165, 1.54) is 11.8 Å². The van der Waals surface area contributed by atoms with Gasteiger partial charge in [0.25, 0.3) is 5.91 Å². The van der Waals surface area contributed by atoms with E-state index in [-0.39, 0.29) is 12.0 Å². The highest BCUT2D eigenvalue weighted by molar-refractivity contribution is 6.03. The molecule has 1 aliphatic rings. The first-order valence-corrected chi connectivity index (χ1v) is 10.9. The van der Waals surface area contributed by atoms with E-state index in [1.54, 1.807) is 29.2 Å². The summed E-state index contributed by atoms with van der Waals surface area (Å²) in [6.07, 6.45) is 6.82. The number of amides is 1. The molecule has 3 aromatic rings. The van der Waals surface area contributed by atoms with Crippen LogP contribution in [0.15, 0.2) is 55.0 Å². The first kappa shape index (κ1) is 21.7. The maximum atomic E-state index is 12.7. The Balaban J connectivity index is 1.44. The highest BCUT2D eigenvalue weighted by atomic mass is 16.3. The van der Waals surface area contributed by atoms with E-state index in [0.717, 1.165) is 5.69 Å². The molecule has 2 aromatic heterocycles. The molecule has 0 aliphatic heterocycles. The van der Waals surface area contributed by atoms with Crippen molar-refractivity contribution >= 4 is 11.6 Å². The number of hydrogen-bond donors (Lipinski definition) is 2. The summed E-state index contributed by atoms with van der Waals surface area (Å²) in [4.78, 5) is 17.1. The summed E-state index contributed by atoms with van der Waals surface area (Å²) in [5.74, 6) is 0.177. The average Bonchev–Trinajstić information content (AvgIpc) is 3.31. The number of hydrogen-bond acceptors (Lipinski definition) is 5. The SMILES string of the molecule is CC(C)c1ccc(-n2cc(C(=O)Nc3ccc([C@]4(C#N)CC[C@@H](O)CC4)nc3)cn2)cc1. The van der Waals surface area contributed by atoms with Crippen molar-refractivity contribution in [3.8, 4) is 11.8 Å². The first-order valence-electron chi connectivity index (χ1n) is 10.9. The fraction of sp³-hybridized carbons (Fsp3) is 0.360. The van der Waals surface area contributed by atoms with Crippen LogP contribution >= 0.6 is 0 Å². The lowest BCUT2D eigenvalue weighted by atomic mass is 9.72. The minimum atomic E-state index is -0.673. The van der Waals surface area contributed by atoms with Crippen molar-refractivity contribution in [3.63, 3.8) is 0 Å². The number of aliphatic hydroxyl groups is 1. The van der Waals surface area contributed by atoms with Crippen molar-refractivity contribution in [1.29, 1.82) is 5.26 Å². The van der Waals surface area contributed by atoms with Gasteiger partial charge in [-0.15, -0.1) is 0 Å². The van der Waals surface area contributed by atoms with Gasteiger partial charge in [0.15, 0.2) is 0 Å². The molecule has 1 fully saturated rings. The van der Waals surface area contributed by atoms with Crippen LogP contribution in [-0.2, 0) is 5.41 Å². The topological polar surface area (TPSA) is 104 Å². The number of nitrogens with one attached hydrogen (secondary N) is 1. The summed E-state index contributed by atoms with van der Waals surface area (Å²) >= 11 is 0. The van der Waals surface area contributed by atoms with Gasteiger partial charge < -0.3 is 10.4 Å². The zero-order valence-electron chi connectivity index (χ0n) is 18.3. The number of pyridine rings is 1. The number of carbonyl (C=O) groups excluding carboxylic acids is 1. The van der Waals surface area contributed by atoms with E-state index in [0.29, 0.717) is 48.5 Å². The monoisotopic (exact) mass is 429 g/mol. The lowest BCUT2D eigenvalue weighted by Gasteiger charge is -2.32. The molecule has 0 atom stereocenters. The molecule has 0 unspecified atom stereocenters. The van der Waals surface area contributed by atoms with Gasteiger partial charge in [-0.2, -0.15) is 10.4 Å². The summed E-state index contributed by atoms with van der Waals surface area (Å²) in [5, 5.41) is 26.6. The van der Waals surface area contributed by atoms with Gasteiger partial charge in [0.1, 0.15) is 0 Å². The third-order valence-corrected chi connectivity index (χ3v) is 6.20. The lowest BCUT2D eigenvalue weighted by molar-refractivity contribution is 0.102. The lowest BCUT2D eigenvalue weighted by Crippen LogP contribution is -2.33. The van der Waals surface area contributed by atoms with Gasteiger partial charge in [-0.05, 0) is 61.4 Å². The third-order valence-electron chi connectivity index (χ3n) is 6.20. The van der Waals surface area contributed by atoms with Crippen LogP contribution in [0.3, 0.4) is 0 Å². The molecule has 164 valence electrons. The molecular formula is C25H27N5O2. The Bertz CT molecular complexity index is 1120. The number of aromatic nitrogens is 3. The number of aliphatic hydroxyl groups excluding tert-OH is 1. The van der Waals surface area contributed by atoms with Crippen LogP contribution in [0.1, 0.15) is 67.1 Å². The Morgan fingerprint density at radius 3 is 2.50 bits per heavy atom. The van der Waals surface area contributed by atoms with Gasteiger partial charge in [-0.1, -0.05) is 26.0 Å². The Hall–Kier alpha value is -3.50. The van der Waals surface area contributed by atoms with Crippen LogP contribution in [0.25, 0.3) is 5.69 Å². The maximum absolute atomic E-state index is 12.7. The largest absolute Gasteiger partial charge is 0.393 e. The van der Waals surface area contributed by atoms with Gasteiger partial charge >= 0.3 is 0 Å². The number of nitriles is 1. The minimum Gasteiger partial charge on any atom is -0.393 e. The van der Waals surface area contributed by atoms with Gasteiger partial charge in [0.2, 0.25) is 0 Å². The molecule has 1 aliphatic carbocycles. The highest BCUT2D eigenvalue weighted by Gasteiger charge is 2.37. The van der Waals surface area contributed by atoms with E-state index in [2.05, 4.69) is 47.4 Å². The molecule has 0 saturated heterocycles. The second-order valence-electron chi connectivity index (χ2n) is 8.73. The predicted molar refractivity (Wildman–Crippen MR) is 122 cm³/mol. The quantitative estimate of drug-likeness (QED) is 0.628. The Kier molecular flexibility index (Phi) is 6.06. The molecular weight excluding hydrogens is 402 g/mol. The molecule has 2 N–H and O–H groups in total. The van der Waals surface area contributed by atoms with Crippen molar-refractivity contribution in [2.75, 3.05) is 5.32 Å². The average molecular weight is 430 g/mol. The standard InChI is InChI=1S/C25H27N5O2/c1-17(2)18-3-6-21(7-4-18)30-15-19(13-28-30)24(32)29-20-5-8-23(27-14-20)25(16-26)11-9-22(31)10-12-25/h3-8,13-15,17,22,31H,9-12H2,1-2H3,(H,29,32)/t22-,25-. The van der Waals surface area contributed by atoms with Crippen LogP contribution in [0.5, 0.6) is 0 Å². The predicted octanol–water partition coefficient (Wildman–Crippen LogP) is 4.34. The smallest absolute Gasteiger partial charge is 0.258 e. The van der Waals surface area contributed by atoms with Crippen LogP contribution in [-0.4, -0.2) is 31.9 Å². The van der Waals surface area contributed by atoms with Crippen LogP contribution < -0.4 is 5.32 Å². The van der Waals surface area contributed by atoms with Crippen molar-refractivity contribution in [3.05, 3.63) is 71.8 Å². The number of anilines is 1. The van der Waals surface area contributed by atoms with Crippen molar-refractivity contribution in [2.45, 2.75) is 57.0 Å². The molecule has 7 nitrogen and oxygen atoms in total. The molecule has 0 radical (unpaired) electrons. The van der Waals surface area contributed by atoms with Gasteiger partial charge in [0, 0.05) is 6.20 Å². The Labute approximate surface area is 187 Å². The second-order valence-corrected chi connectivity index (χ2v) is 8.73. The molecule has 1 saturated carbocycles. The third kappa shape index (κ3) is 4.41. The Morgan fingerprint density at radius 2 is 1.91 bits per heavy atom. The summed E-state index contributed by atoms with van der Waals surface area (Å²) < 4.78 is 1.68. The van der Waals surface area contributed by atoms with E-state index >= 15 is 0 Å². The fourth-order valence-corrected chi connectivity index (χ4v) is 4.07. The molecule has 0 bridgehead atoms. The van der Waals surface area contributed by atoms with Crippen molar-refractivity contribution in [2.24, 2.45) is 0 Å². The minimum absolute atomic E-state index is 0.277. The van der Waals surface area contributed by atoms with Gasteiger partial charge in [-0.3, -0.25) is 9.78 Å². The van der Waals surface area contributed by atoms with E-state index in [9.17, 15) is 15.2 Å². The van der Waals surface area contributed by atoms with E-state index < -0.39 is 5.41 Å². The van der Waals surface area contributed by atoms with E-state index in [1.807, 2.05) is 12.1 Å². The number of rotatable bonds is 5. The molecule has 2 heterocycles. The summed E-state index contributed by atoms with van der Waals surface area (Å²) in [5.41, 5.74) is 3.14. The summed E-state index contributed by atoms with van der Waals surface area (Å²) in [6, 6.07) is 14.1. The molecule has 1 amide bonds. The van der Waals surface area contributed by atoms with E-state index in [4.69, 9.17) is 0 Å². The zero-order valence-corrected chi connectivity index (χ0v) is 18.3. The molecule has 4 rings (SSSR count). The number of carbonyl (C=O) groups is 1. The fourth-order valence-electron chi connectivity index (χ4n) is 4.07. The maximum Gasteiger partial charge on any atom is 0.258 e. The summed E-state index contributed by atoms with van der Waals surface area (Å²) in [6.45, 7) is 4.29. The van der Waals surface area contributed by atoms with Crippen LogP contribution in [0, 0.1) is 11.3 Å². The van der Waals surface area contributed by atoms with Crippen molar-refractivity contribution in [1.82, 2.24) is 14.8 Å². The normalized spacial score (nSPS) is 20.7. The first-order chi connectivity index (χ1) is 15.4. The molecule has 32 heavy (non-hydrogen) atoms. The van der Waals surface area contributed by atoms with Crippen LogP contribution in [0.4, 0.5) is 5.69 Å². The second kappa shape index (κ2) is 8.93. The molecule has 0 spiro atoms. The Morgan fingerprint density at radius 1 is 1.19 bits per heavy atom. The summed E-state index contributed by atoms with van der Waals surface area (Å²) in [7, 11) is 0. The van der Waals surface area contributed by atoms with Crippen LogP contribution in [0.2, 0.25) is 0 Å². The number of benzene rings is 1. The zero-order chi connectivity index (χ0) is 22.7. The van der Waals surface area contributed by atoms with Gasteiger partial charge in [-0.25, -0.2) is 4.68 Å². The molecule has 1 aromatic carbocycles. The number of nitrogens with zero attached hydrogens (tertiary/aromatic N) is 4. The molecule has 7 heteroatoms. The highest BCUT2D eigenvalue weighted by Crippen LogP contribution is 2.38. The van der Waals surface area contributed by atoms with Crippen molar-refractivity contribution < 1.29 is 9.90 Å². The van der Waals surface area contributed by atoms with Gasteiger partial charge in [0.05, 0.1) is 52.6 Å².